The molecule has 3 N–H and O–H groups in total. The number of piperidine rings is 1. The van der Waals surface area contributed by atoms with Crippen molar-refractivity contribution in [1.82, 2.24) is 24.8 Å². The number of imidazole rings is 1. The van der Waals surface area contributed by atoms with Gasteiger partial charge < -0.3 is 23.9 Å². The number of hydrogen-bond donors (Lipinski definition) is 3. The number of nitrogens with zero attached hydrogens (tertiary/aromatic N) is 3. The minimum absolute atomic E-state index is 0.0803. The molecule has 0 radical (unpaired) electrons. The number of unbranched alkanes of at least 4 members (excludes halogenated alkanes) is 1. The number of pyridine rings is 1. The molecule has 2 aliphatic rings. The third-order valence-electron chi connectivity index (χ3n) is 9.03. The van der Waals surface area contributed by atoms with Crippen molar-refractivity contribution in [2.75, 3.05) is 13.2 Å². The number of amides is 3. The van der Waals surface area contributed by atoms with Crippen LogP contribution in [0.15, 0.2) is 54.9 Å². The van der Waals surface area contributed by atoms with E-state index in [4.69, 9.17) is 26.5 Å². The van der Waals surface area contributed by atoms with Gasteiger partial charge in [0.1, 0.15) is 11.5 Å². The third-order valence-corrected chi connectivity index (χ3v) is 9.34. The number of aryl methyl sites for hydroxylation is 2. The van der Waals surface area contributed by atoms with Gasteiger partial charge in [-0.05, 0) is 73.7 Å². The Morgan fingerprint density at radius 1 is 1.06 bits per heavy atom. The van der Waals surface area contributed by atoms with Gasteiger partial charge in [0.25, 0.3) is 0 Å². The van der Waals surface area contributed by atoms with Crippen molar-refractivity contribution >= 4 is 35.1 Å². The van der Waals surface area contributed by atoms with E-state index in [-0.39, 0.29) is 37.6 Å². The summed E-state index contributed by atoms with van der Waals surface area (Å²) in [5, 5.41) is 13.8. The minimum Gasteiger partial charge on any atom is -0.492 e. The quantitative estimate of drug-likeness (QED) is 0.111. The van der Waals surface area contributed by atoms with Gasteiger partial charge >= 0.3 is 0 Å². The fraction of sp³-hybridized carbons (Fsp3) is 0.351. The van der Waals surface area contributed by atoms with Crippen molar-refractivity contribution in [2.45, 2.75) is 58.0 Å². The summed E-state index contributed by atoms with van der Waals surface area (Å²) in [6.45, 7) is 2.49. The van der Waals surface area contributed by atoms with E-state index in [9.17, 15) is 23.6 Å². The standard InChI is InChI=1S/C37H38ClFN6O6/c1-21-26(7-9-31(39)41-21)27-14-23(19-45-11-10-44(2)37(45)40)15-28-35(49)24(20-51-36(27)28)13-22-6-8-29(38)30(16-22)50-12-4-3-5-32(46)42-25-17-33(47)43-34(48)18-25/h6-11,14-16,24-25,40H,3-5,12-13,17-20H2,1-2H3,(H,42,46)(H,43,47,48). The largest absolute Gasteiger partial charge is 0.492 e. The number of ketones is 1. The van der Waals surface area contributed by atoms with Crippen LogP contribution in [0.1, 0.15) is 59.3 Å². The van der Waals surface area contributed by atoms with Crippen LogP contribution in [0.5, 0.6) is 11.5 Å². The number of fused-ring (bicyclic) bond motifs is 1. The number of ether oxygens (including phenoxy) is 2. The van der Waals surface area contributed by atoms with Gasteiger partial charge in [-0.2, -0.15) is 4.39 Å². The van der Waals surface area contributed by atoms with Crippen molar-refractivity contribution in [3.8, 4) is 22.6 Å². The molecule has 1 fully saturated rings. The monoisotopic (exact) mass is 716 g/mol. The maximum absolute atomic E-state index is 14.1. The van der Waals surface area contributed by atoms with Crippen LogP contribution in [0.3, 0.4) is 0 Å². The molecule has 12 nitrogen and oxygen atoms in total. The van der Waals surface area contributed by atoms with Gasteiger partial charge in [0.2, 0.25) is 29.3 Å². The molecule has 0 aliphatic carbocycles. The Labute approximate surface area is 298 Å². The molecule has 0 bridgehead atoms. The molecule has 0 spiro atoms. The van der Waals surface area contributed by atoms with Crippen molar-refractivity contribution < 1.29 is 33.0 Å². The molecule has 6 rings (SSSR count). The highest BCUT2D eigenvalue weighted by molar-refractivity contribution is 6.32. The number of Topliss-reactive ketones (excluding diaryl/α,β-unsaturated/α-hetero) is 1. The summed E-state index contributed by atoms with van der Waals surface area (Å²) in [6.07, 6.45) is 5.45. The Bertz CT molecular complexity index is 2060. The van der Waals surface area contributed by atoms with E-state index in [2.05, 4.69) is 15.6 Å². The van der Waals surface area contributed by atoms with E-state index in [1.54, 1.807) is 59.8 Å². The number of imide groups is 1. The maximum atomic E-state index is 14.1. The Morgan fingerprint density at radius 3 is 2.55 bits per heavy atom. The second-order valence-corrected chi connectivity index (χ2v) is 13.3. The fourth-order valence-electron chi connectivity index (χ4n) is 6.43. The Morgan fingerprint density at radius 2 is 1.82 bits per heavy atom. The van der Waals surface area contributed by atoms with Crippen LogP contribution >= 0.6 is 11.6 Å². The maximum Gasteiger partial charge on any atom is 0.228 e. The zero-order valence-corrected chi connectivity index (χ0v) is 29.0. The molecule has 1 saturated heterocycles. The molecular weight excluding hydrogens is 679 g/mol. The molecule has 1 atom stereocenters. The van der Waals surface area contributed by atoms with Crippen LogP contribution in [0.4, 0.5) is 4.39 Å². The Hall–Kier alpha value is -5.30. The first kappa shape index (κ1) is 35.5. The van der Waals surface area contributed by atoms with E-state index >= 15 is 0 Å². The van der Waals surface area contributed by atoms with Crippen molar-refractivity contribution in [1.29, 1.82) is 5.41 Å². The number of carbonyl (C=O) groups is 4. The Balaban J connectivity index is 1.12. The number of carbonyl (C=O) groups excluding carboxylic acids is 4. The molecule has 4 aromatic rings. The lowest BCUT2D eigenvalue weighted by Crippen LogP contribution is -2.48. The summed E-state index contributed by atoms with van der Waals surface area (Å²) >= 11 is 6.44. The van der Waals surface area contributed by atoms with Crippen LogP contribution in [-0.4, -0.2) is 56.9 Å². The van der Waals surface area contributed by atoms with E-state index in [1.165, 1.54) is 6.07 Å². The van der Waals surface area contributed by atoms with E-state index < -0.39 is 29.7 Å². The number of hydrogen-bond acceptors (Lipinski definition) is 8. The highest BCUT2D eigenvalue weighted by Crippen LogP contribution is 2.40. The average molecular weight is 717 g/mol. The van der Waals surface area contributed by atoms with Crippen LogP contribution in [-0.2, 0) is 34.4 Å². The number of nitrogens with one attached hydrogen (secondary N) is 3. The molecule has 51 heavy (non-hydrogen) atoms. The summed E-state index contributed by atoms with van der Waals surface area (Å²) in [5.41, 5.74) is 4.08. The molecule has 14 heteroatoms. The molecule has 3 amide bonds. The molecule has 266 valence electrons. The molecular formula is C37H38ClFN6O6. The number of rotatable bonds is 12. The van der Waals surface area contributed by atoms with Crippen LogP contribution in [0, 0.1) is 24.2 Å². The minimum atomic E-state index is -0.599. The predicted molar refractivity (Wildman–Crippen MR) is 185 cm³/mol. The van der Waals surface area contributed by atoms with Crippen molar-refractivity contribution in [3.05, 3.63) is 93.8 Å². The number of halogens is 2. The van der Waals surface area contributed by atoms with Crippen LogP contribution < -0.4 is 25.7 Å². The van der Waals surface area contributed by atoms with Crippen LogP contribution in [0.25, 0.3) is 11.1 Å². The second-order valence-electron chi connectivity index (χ2n) is 12.9. The third kappa shape index (κ3) is 8.37. The van der Waals surface area contributed by atoms with Gasteiger partial charge in [-0.15, -0.1) is 0 Å². The lowest BCUT2D eigenvalue weighted by Gasteiger charge is -2.27. The van der Waals surface area contributed by atoms with Gasteiger partial charge in [-0.25, -0.2) is 4.98 Å². The molecule has 2 aromatic carbocycles. The average Bonchev–Trinajstić information content (AvgIpc) is 3.38. The van der Waals surface area contributed by atoms with Gasteiger partial charge in [0.15, 0.2) is 5.78 Å². The lowest BCUT2D eigenvalue weighted by atomic mass is 9.86. The first-order valence-corrected chi connectivity index (χ1v) is 17.1. The van der Waals surface area contributed by atoms with E-state index in [0.29, 0.717) is 76.9 Å². The Kier molecular flexibility index (Phi) is 10.7. The van der Waals surface area contributed by atoms with Crippen molar-refractivity contribution in [3.63, 3.8) is 0 Å². The van der Waals surface area contributed by atoms with Crippen molar-refractivity contribution in [2.24, 2.45) is 13.0 Å². The van der Waals surface area contributed by atoms with Gasteiger partial charge in [-0.1, -0.05) is 17.7 Å². The second kappa shape index (κ2) is 15.3. The molecule has 0 saturated carbocycles. The smallest absolute Gasteiger partial charge is 0.228 e. The lowest BCUT2D eigenvalue weighted by molar-refractivity contribution is -0.134. The van der Waals surface area contributed by atoms with Gasteiger partial charge in [-0.3, -0.25) is 29.9 Å². The SMILES string of the molecule is Cc1nc(F)ccc1-c1cc(Cn2ccn(C)c2=N)cc2c1OCC(Cc1ccc(Cl)c(OCCCCC(=O)NC3CC(=O)NC(=O)C3)c1)C2=O. The van der Waals surface area contributed by atoms with Crippen LogP contribution in [0.2, 0.25) is 5.02 Å². The zero-order chi connectivity index (χ0) is 36.2. The number of benzene rings is 2. The molecule has 4 heterocycles. The summed E-state index contributed by atoms with van der Waals surface area (Å²) in [5.74, 6) is -1.32. The summed E-state index contributed by atoms with van der Waals surface area (Å²) in [7, 11) is 1.79. The van der Waals surface area contributed by atoms with Gasteiger partial charge in [0, 0.05) is 61.6 Å². The van der Waals surface area contributed by atoms with Gasteiger partial charge in [0.05, 0.1) is 36.3 Å². The molecule has 2 aliphatic heterocycles. The van der Waals surface area contributed by atoms with E-state index in [1.807, 2.05) is 12.1 Å². The molecule has 1 unspecified atom stereocenters. The first-order chi connectivity index (χ1) is 24.4. The zero-order valence-electron chi connectivity index (χ0n) is 28.3. The first-order valence-electron chi connectivity index (χ1n) is 16.7. The topological polar surface area (TPSA) is 157 Å². The normalized spacial score (nSPS) is 16.0. The highest BCUT2D eigenvalue weighted by Gasteiger charge is 2.32. The fourth-order valence-corrected chi connectivity index (χ4v) is 6.60. The highest BCUT2D eigenvalue weighted by atomic mass is 35.5. The van der Waals surface area contributed by atoms with E-state index in [0.717, 1.165) is 11.1 Å². The summed E-state index contributed by atoms with van der Waals surface area (Å²) < 4.78 is 29.6. The predicted octanol–water partition coefficient (Wildman–Crippen LogP) is 4.42. The number of aromatic nitrogens is 3. The molecule has 2 aromatic heterocycles. The summed E-state index contributed by atoms with van der Waals surface area (Å²) in [4.78, 5) is 53.5. The summed E-state index contributed by atoms with van der Waals surface area (Å²) in [6, 6.07) is 11.5.